The van der Waals surface area contributed by atoms with Gasteiger partial charge < -0.3 is 14.8 Å². The minimum Gasteiger partial charge on any atom is -0.494 e. The quantitative estimate of drug-likeness (QED) is 0.696. The van der Waals surface area contributed by atoms with Crippen LogP contribution < -0.4 is 20.2 Å². The molecule has 0 spiro atoms. The lowest BCUT2D eigenvalue weighted by Crippen LogP contribution is -2.29. The molecule has 150 valence electrons. The normalized spacial score (nSPS) is 15.0. The molecule has 0 unspecified atom stereocenters. The Bertz CT molecular complexity index is 1120. The van der Waals surface area contributed by atoms with Gasteiger partial charge in [-0.3, -0.25) is 14.3 Å². The average Bonchev–Trinajstić information content (AvgIpc) is 3.07. The molecule has 0 saturated heterocycles. The maximum absolute atomic E-state index is 12.5. The average molecular weight is 393 g/mol. The SMILES string of the molecule is CCOc1cc2c(cc1CNC(=O)Cn1ncc(=O)c3ccccc31)O[C@@H](C)C2. The van der Waals surface area contributed by atoms with E-state index in [1.807, 2.05) is 32.0 Å². The summed E-state index contributed by atoms with van der Waals surface area (Å²) in [7, 11) is 0. The van der Waals surface area contributed by atoms with Gasteiger partial charge in [0.25, 0.3) is 0 Å². The Morgan fingerprint density at radius 3 is 3.00 bits per heavy atom. The van der Waals surface area contributed by atoms with Crippen LogP contribution in [0.1, 0.15) is 25.0 Å². The third-order valence-corrected chi connectivity index (χ3v) is 4.91. The summed E-state index contributed by atoms with van der Waals surface area (Å²) in [6, 6.07) is 11.1. The summed E-state index contributed by atoms with van der Waals surface area (Å²) in [6.07, 6.45) is 2.23. The van der Waals surface area contributed by atoms with E-state index < -0.39 is 0 Å². The van der Waals surface area contributed by atoms with E-state index in [2.05, 4.69) is 10.4 Å². The van der Waals surface area contributed by atoms with Crippen LogP contribution in [0.5, 0.6) is 11.5 Å². The van der Waals surface area contributed by atoms with Gasteiger partial charge in [-0.1, -0.05) is 12.1 Å². The van der Waals surface area contributed by atoms with Gasteiger partial charge >= 0.3 is 0 Å². The van der Waals surface area contributed by atoms with Crippen LogP contribution in [0, 0.1) is 0 Å². The van der Waals surface area contributed by atoms with E-state index in [1.54, 1.807) is 18.2 Å². The Balaban J connectivity index is 1.50. The van der Waals surface area contributed by atoms with Gasteiger partial charge in [-0.05, 0) is 38.1 Å². The molecule has 2 heterocycles. The van der Waals surface area contributed by atoms with Crippen LogP contribution >= 0.6 is 0 Å². The van der Waals surface area contributed by atoms with E-state index in [4.69, 9.17) is 9.47 Å². The minimum atomic E-state index is -0.205. The number of para-hydroxylation sites is 1. The summed E-state index contributed by atoms with van der Waals surface area (Å²) in [5, 5.41) is 7.56. The van der Waals surface area contributed by atoms with Crippen molar-refractivity contribution in [2.75, 3.05) is 6.61 Å². The molecule has 1 aromatic heterocycles. The van der Waals surface area contributed by atoms with Crippen molar-refractivity contribution in [3.8, 4) is 11.5 Å². The van der Waals surface area contributed by atoms with Crippen LogP contribution in [0.3, 0.4) is 0 Å². The highest BCUT2D eigenvalue weighted by atomic mass is 16.5. The predicted octanol–water partition coefficient (Wildman–Crippen LogP) is 2.44. The minimum absolute atomic E-state index is 0.0171. The van der Waals surface area contributed by atoms with Gasteiger partial charge in [0.15, 0.2) is 0 Å². The number of nitrogens with zero attached hydrogens (tertiary/aromatic N) is 2. The van der Waals surface area contributed by atoms with E-state index in [9.17, 15) is 9.59 Å². The van der Waals surface area contributed by atoms with Crippen molar-refractivity contribution in [2.45, 2.75) is 39.5 Å². The van der Waals surface area contributed by atoms with Gasteiger partial charge in [0.1, 0.15) is 24.1 Å². The molecule has 3 aromatic rings. The zero-order valence-electron chi connectivity index (χ0n) is 16.5. The number of nitrogens with one attached hydrogen (secondary N) is 1. The molecule has 29 heavy (non-hydrogen) atoms. The highest BCUT2D eigenvalue weighted by Gasteiger charge is 2.22. The Morgan fingerprint density at radius 1 is 1.34 bits per heavy atom. The fraction of sp³-hybridized carbons (Fsp3) is 0.318. The molecule has 0 bridgehead atoms. The Labute approximate surface area is 168 Å². The molecule has 1 atom stereocenters. The van der Waals surface area contributed by atoms with Crippen molar-refractivity contribution >= 4 is 16.8 Å². The zero-order chi connectivity index (χ0) is 20.4. The molecule has 7 nitrogen and oxygen atoms in total. The monoisotopic (exact) mass is 393 g/mol. The number of benzene rings is 2. The number of hydrogen-bond acceptors (Lipinski definition) is 5. The van der Waals surface area contributed by atoms with Crippen LogP contribution in [-0.2, 0) is 24.3 Å². The van der Waals surface area contributed by atoms with E-state index in [0.29, 0.717) is 24.1 Å². The number of fused-ring (bicyclic) bond motifs is 2. The summed E-state index contributed by atoms with van der Waals surface area (Å²) < 4.78 is 13.1. The molecule has 0 fully saturated rings. The largest absolute Gasteiger partial charge is 0.494 e. The lowest BCUT2D eigenvalue weighted by molar-refractivity contribution is -0.121. The molecular formula is C22H23N3O4. The second-order valence-electron chi connectivity index (χ2n) is 7.09. The highest BCUT2D eigenvalue weighted by molar-refractivity contribution is 5.81. The van der Waals surface area contributed by atoms with E-state index >= 15 is 0 Å². The zero-order valence-corrected chi connectivity index (χ0v) is 16.5. The lowest BCUT2D eigenvalue weighted by Gasteiger charge is -2.14. The molecule has 4 rings (SSSR count). The number of amides is 1. The first-order chi connectivity index (χ1) is 14.0. The van der Waals surface area contributed by atoms with Crippen LogP contribution in [0.15, 0.2) is 47.4 Å². The molecule has 0 aliphatic carbocycles. The van der Waals surface area contributed by atoms with Crippen molar-refractivity contribution in [1.29, 1.82) is 0 Å². The van der Waals surface area contributed by atoms with Crippen molar-refractivity contribution in [3.05, 3.63) is 63.9 Å². The molecule has 1 aliphatic heterocycles. The number of aromatic nitrogens is 2. The molecule has 1 N–H and O–H groups in total. The summed E-state index contributed by atoms with van der Waals surface area (Å²) >= 11 is 0. The highest BCUT2D eigenvalue weighted by Crippen LogP contribution is 2.35. The smallest absolute Gasteiger partial charge is 0.242 e. The maximum Gasteiger partial charge on any atom is 0.242 e. The van der Waals surface area contributed by atoms with Gasteiger partial charge in [0.2, 0.25) is 11.3 Å². The fourth-order valence-electron chi connectivity index (χ4n) is 3.58. The molecule has 1 aliphatic rings. The second kappa shape index (κ2) is 7.95. The second-order valence-corrected chi connectivity index (χ2v) is 7.09. The van der Waals surface area contributed by atoms with Gasteiger partial charge in [-0.25, -0.2) is 0 Å². The van der Waals surface area contributed by atoms with Crippen molar-refractivity contribution in [1.82, 2.24) is 15.1 Å². The Morgan fingerprint density at radius 2 is 2.17 bits per heavy atom. The van der Waals surface area contributed by atoms with Gasteiger partial charge in [-0.2, -0.15) is 5.10 Å². The van der Waals surface area contributed by atoms with Gasteiger partial charge in [0, 0.05) is 29.5 Å². The maximum atomic E-state index is 12.5. The standard InChI is InChI=1S/C22H23N3O4/c1-3-28-20-9-15-8-14(2)29-21(15)10-16(20)11-23-22(27)13-25-18-7-5-4-6-17(18)19(26)12-24-25/h4-7,9-10,12,14H,3,8,11,13H2,1-2H3,(H,23,27)/t14-/m0/s1. The summed E-state index contributed by atoms with van der Waals surface area (Å²) in [6.45, 7) is 4.84. The van der Waals surface area contributed by atoms with E-state index in [0.717, 1.165) is 29.0 Å². The third kappa shape index (κ3) is 3.94. The first-order valence-electron chi connectivity index (χ1n) is 9.72. The number of carbonyl (C=O) groups excluding carboxylic acids is 1. The topological polar surface area (TPSA) is 82.5 Å². The molecular weight excluding hydrogens is 370 g/mol. The Hall–Kier alpha value is -3.35. The van der Waals surface area contributed by atoms with Gasteiger partial charge in [-0.15, -0.1) is 0 Å². The van der Waals surface area contributed by atoms with Gasteiger partial charge in [0.05, 0.1) is 18.3 Å². The predicted molar refractivity (Wildman–Crippen MR) is 109 cm³/mol. The van der Waals surface area contributed by atoms with Crippen LogP contribution in [0.25, 0.3) is 10.9 Å². The molecule has 1 amide bonds. The summed E-state index contributed by atoms with van der Waals surface area (Å²) in [5.41, 5.74) is 2.46. The molecule has 0 radical (unpaired) electrons. The van der Waals surface area contributed by atoms with Crippen molar-refractivity contribution in [3.63, 3.8) is 0 Å². The third-order valence-electron chi connectivity index (χ3n) is 4.91. The van der Waals surface area contributed by atoms with Crippen LogP contribution in [0.4, 0.5) is 0 Å². The number of carbonyl (C=O) groups is 1. The first-order valence-corrected chi connectivity index (χ1v) is 9.72. The molecule has 0 saturated carbocycles. The van der Waals surface area contributed by atoms with Crippen molar-refractivity contribution in [2.24, 2.45) is 0 Å². The number of rotatable bonds is 6. The van der Waals surface area contributed by atoms with Crippen LogP contribution in [0.2, 0.25) is 0 Å². The number of ether oxygens (including phenoxy) is 2. The van der Waals surface area contributed by atoms with E-state index in [1.165, 1.54) is 10.9 Å². The molecule has 2 aromatic carbocycles. The van der Waals surface area contributed by atoms with E-state index in [-0.39, 0.29) is 24.0 Å². The first kappa shape index (κ1) is 19.0. The summed E-state index contributed by atoms with van der Waals surface area (Å²) in [4.78, 5) is 24.5. The lowest BCUT2D eigenvalue weighted by atomic mass is 10.1. The number of hydrogen-bond donors (Lipinski definition) is 1. The van der Waals surface area contributed by atoms with Crippen molar-refractivity contribution < 1.29 is 14.3 Å². The van der Waals surface area contributed by atoms with Crippen LogP contribution in [-0.4, -0.2) is 28.4 Å². The fourth-order valence-corrected chi connectivity index (χ4v) is 3.58. The Kier molecular flexibility index (Phi) is 5.20. The molecule has 7 heteroatoms. The summed E-state index contributed by atoms with van der Waals surface area (Å²) in [5.74, 6) is 1.40.